The molecule has 0 unspecified atom stereocenters. The third-order valence-corrected chi connectivity index (χ3v) is 3.36. The second-order valence-corrected chi connectivity index (χ2v) is 4.86. The molecule has 0 aliphatic heterocycles. The number of amides is 1. The first kappa shape index (κ1) is 14.5. The van der Waals surface area contributed by atoms with Gasteiger partial charge in [-0.05, 0) is 25.5 Å². The Bertz CT molecular complexity index is 598. The Balaban J connectivity index is 2.18. The molecule has 0 aliphatic carbocycles. The van der Waals surface area contributed by atoms with Crippen LogP contribution in [0.3, 0.4) is 0 Å². The molecule has 0 atom stereocenters. The Morgan fingerprint density at radius 1 is 1.25 bits per heavy atom. The zero-order valence-electron chi connectivity index (χ0n) is 11.5. The number of nitrogens with zero attached hydrogens (tertiary/aromatic N) is 3. The van der Waals surface area contributed by atoms with Gasteiger partial charge in [-0.1, -0.05) is 29.8 Å². The number of rotatable bonds is 4. The Morgan fingerprint density at radius 2 is 2.00 bits per heavy atom. The average molecular weight is 290 g/mol. The van der Waals surface area contributed by atoms with Crippen molar-refractivity contribution in [2.75, 3.05) is 6.54 Å². The maximum atomic E-state index is 12.4. The molecule has 4 nitrogen and oxygen atoms in total. The minimum atomic E-state index is -0.139. The monoisotopic (exact) mass is 289 g/mol. The van der Waals surface area contributed by atoms with Crippen LogP contribution in [0.1, 0.15) is 28.7 Å². The summed E-state index contributed by atoms with van der Waals surface area (Å²) in [5.41, 5.74) is 2.06. The van der Waals surface area contributed by atoms with E-state index in [2.05, 4.69) is 9.97 Å². The molecule has 0 saturated heterocycles. The Hall–Kier alpha value is -1.94. The van der Waals surface area contributed by atoms with E-state index in [9.17, 15) is 4.79 Å². The van der Waals surface area contributed by atoms with Crippen LogP contribution in [0.5, 0.6) is 0 Å². The molecule has 2 aromatic rings. The normalized spacial score (nSPS) is 10.3. The molecule has 1 heterocycles. The molecule has 0 radical (unpaired) electrons. The van der Waals surface area contributed by atoms with Crippen LogP contribution < -0.4 is 0 Å². The molecule has 0 N–H and O–H groups in total. The standard InChI is InChI=1S/C15H16ClN3O/c1-3-19(10-12-6-4-5-7-13(12)16)15(20)14-9-17-11(2)8-18-14/h4-9H,3,10H2,1-2H3. The fraction of sp³-hybridized carbons (Fsp3) is 0.267. The van der Waals surface area contributed by atoms with E-state index in [1.807, 2.05) is 38.1 Å². The lowest BCUT2D eigenvalue weighted by molar-refractivity contribution is 0.0746. The zero-order valence-corrected chi connectivity index (χ0v) is 12.3. The van der Waals surface area contributed by atoms with Crippen molar-refractivity contribution >= 4 is 17.5 Å². The molecule has 104 valence electrons. The highest BCUT2D eigenvalue weighted by Gasteiger charge is 2.17. The molecular weight excluding hydrogens is 274 g/mol. The lowest BCUT2D eigenvalue weighted by Gasteiger charge is -2.21. The lowest BCUT2D eigenvalue weighted by Crippen LogP contribution is -2.31. The van der Waals surface area contributed by atoms with Crippen molar-refractivity contribution in [3.05, 3.63) is 58.6 Å². The van der Waals surface area contributed by atoms with Gasteiger partial charge >= 0.3 is 0 Å². The van der Waals surface area contributed by atoms with Crippen LogP contribution in [0.15, 0.2) is 36.7 Å². The molecule has 2 rings (SSSR count). The van der Waals surface area contributed by atoms with Gasteiger partial charge in [-0.25, -0.2) is 4.98 Å². The second-order valence-electron chi connectivity index (χ2n) is 4.45. The highest BCUT2D eigenvalue weighted by Crippen LogP contribution is 2.17. The van der Waals surface area contributed by atoms with Crippen molar-refractivity contribution in [3.8, 4) is 0 Å². The topological polar surface area (TPSA) is 46.1 Å². The van der Waals surface area contributed by atoms with Crippen LogP contribution >= 0.6 is 11.6 Å². The van der Waals surface area contributed by atoms with E-state index in [4.69, 9.17) is 11.6 Å². The fourth-order valence-corrected chi connectivity index (χ4v) is 2.02. The summed E-state index contributed by atoms with van der Waals surface area (Å²) in [4.78, 5) is 22.3. The minimum Gasteiger partial charge on any atom is -0.333 e. The van der Waals surface area contributed by atoms with Crippen molar-refractivity contribution in [3.63, 3.8) is 0 Å². The van der Waals surface area contributed by atoms with Gasteiger partial charge in [-0.15, -0.1) is 0 Å². The minimum absolute atomic E-state index is 0.139. The van der Waals surface area contributed by atoms with Gasteiger partial charge in [0.25, 0.3) is 5.91 Å². The Kier molecular flexibility index (Phi) is 4.69. The first-order valence-corrected chi connectivity index (χ1v) is 6.81. The molecule has 0 aliphatic rings. The molecule has 1 aromatic carbocycles. The summed E-state index contributed by atoms with van der Waals surface area (Å²) in [6.07, 6.45) is 3.10. The van der Waals surface area contributed by atoms with E-state index in [-0.39, 0.29) is 5.91 Å². The predicted molar refractivity (Wildman–Crippen MR) is 78.6 cm³/mol. The third kappa shape index (κ3) is 3.33. The molecule has 5 heteroatoms. The number of carbonyl (C=O) groups is 1. The molecule has 0 fully saturated rings. The molecule has 0 bridgehead atoms. The largest absolute Gasteiger partial charge is 0.333 e. The van der Waals surface area contributed by atoms with E-state index in [1.165, 1.54) is 6.20 Å². The van der Waals surface area contributed by atoms with Crippen molar-refractivity contribution in [2.24, 2.45) is 0 Å². The molecule has 1 amide bonds. The molecular formula is C15H16ClN3O. The van der Waals surface area contributed by atoms with E-state index in [1.54, 1.807) is 11.1 Å². The number of benzene rings is 1. The summed E-state index contributed by atoms with van der Waals surface area (Å²) in [5.74, 6) is -0.139. The van der Waals surface area contributed by atoms with E-state index < -0.39 is 0 Å². The predicted octanol–water partition coefficient (Wildman–Crippen LogP) is 3.10. The van der Waals surface area contributed by atoms with Crippen molar-refractivity contribution in [1.29, 1.82) is 0 Å². The summed E-state index contributed by atoms with van der Waals surface area (Å²) >= 11 is 6.13. The number of carbonyl (C=O) groups excluding carboxylic acids is 1. The number of halogens is 1. The fourth-order valence-electron chi connectivity index (χ4n) is 1.82. The van der Waals surface area contributed by atoms with Crippen LogP contribution in [0, 0.1) is 6.92 Å². The highest BCUT2D eigenvalue weighted by atomic mass is 35.5. The van der Waals surface area contributed by atoms with E-state index >= 15 is 0 Å². The van der Waals surface area contributed by atoms with Crippen LogP contribution in [0.2, 0.25) is 5.02 Å². The van der Waals surface area contributed by atoms with Gasteiger partial charge < -0.3 is 4.90 Å². The van der Waals surface area contributed by atoms with Crippen LogP contribution in [-0.2, 0) is 6.54 Å². The molecule has 0 saturated carbocycles. The maximum Gasteiger partial charge on any atom is 0.274 e. The van der Waals surface area contributed by atoms with Gasteiger partial charge in [0.2, 0.25) is 0 Å². The first-order valence-electron chi connectivity index (χ1n) is 6.43. The molecule has 20 heavy (non-hydrogen) atoms. The first-order chi connectivity index (χ1) is 9.61. The van der Waals surface area contributed by atoms with Gasteiger partial charge in [0.15, 0.2) is 0 Å². The van der Waals surface area contributed by atoms with Gasteiger partial charge in [0, 0.05) is 24.3 Å². The number of aryl methyl sites for hydroxylation is 1. The summed E-state index contributed by atoms with van der Waals surface area (Å²) in [6.45, 7) is 4.81. The number of aromatic nitrogens is 2. The van der Waals surface area contributed by atoms with Crippen molar-refractivity contribution in [1.82, 2.24) is 14.9 Å². The summed E-state index contributed by atoms with van der Waals surface area (Å²) in [7, 11) is 0. The summed E-state index contributed by atoms with van der Waals surface area (Å²) in [6, 6.07) is 7.51. The number of hydrogen-bond acceptors (Lipinski definition) is 3. The van der Waals surface area contributed by atoms with Gasteiger partial charge in [-0.2, -0.15) is 0 Å². The molecule has 1 aromatic heterocycles. The van der Waals surface area contributed by atoms with E-state index in [0.717, 1.165) is 11.3 Å². The SMILES string of the molecule is CCN(Cc1ccccc1Cl)C(=O)c1cnc(C)cn1. The Morgan fingerprint density at radius 3 is 2.60 bits per heavy atom. The quantitative estimate of drug-likeness (QED) is 0.869. The van der Waals surface area contributed by atoms with Crippen LogP contribution in [0.4, 0.5) is 0 Å². The van der Waals surface area contributed by atoms with E-state index in [0.29, 0.717) is 23.8 Å². The Labute approximate surface area is 123 Å². The van der Waals surface area contributed by atoms with Crippen molar-refractivity contribution < 1.29 is 4.79 Å². The lowest BCUT2D eigenvalue weighted by atomic mass is 10.2. The maximum absolute atomic E-state index is 12.4. The number of hydrogen-bond donors (Lipinski definition) is 0. The highest BCUT2D eigenvalue weighted by molar-refractivity contribution is 6.31. The van der Waals surface area contributed by atoms with Crippen molar-refractivity contribution in [2.45, 2.75) is 20.4 Å². The van der Waals surface area contributed by atoms with Gasteiger partial charge in [0.05, 0.1) is 11.9 Å². The van der Waals surface area contributed by atoms with Gasteiger partial charge in [-0.3, -0.25) is 9.78 Å². The third-order valence-electron chi connectivity index (χ3n) is 2.99. The smallest absolute Gasteiger partial charge is 0.274 e. The molecule has 0 spiro atoms. The van der Waals surface area contributed by atoms with Crippen LogP contribution in [-0.4, -0.2) is 27.3 Å². The zero-order chi connectivity index (χ0) is 14.5. The summed E-state index contributed by atoms with van der Waals surface area (Å²) < 4.78 is 0. The average Bonchev–Trinajstić information content (AvgIpc) is 2.46. The van der Waals surface area contributed by atoms with Gasteiger partial charge in [0.1, 0.15) is 5.69 Å². The summed E-state index contributed by atoms with van der Waals surface area (Å²) in [5, 5.41) is 0.661. The van der Waals surface area contributed by atoms with Crippen LogP contribution in [0.25, 0.3) is 0 Å². The second kappa shape index (κ2) is 6.48.